The number of benzene rings is 2. The Morgan fingerprint density at radius 1 is 0.968 bits per heavy atom. The molecule has 6 heteroatoms. The van der Waals surface area contributed by atoms with Gasteiger partial charge in [0.2, 0.25) is 0 Å². The number of nitrogens with one attached hydrogen (secondary N) is 1. The average Bonchev–Trinajstić information content (AvgIpc) is 2.75. The minimum absolute atomic E-state index is 0.0917. The highest BCUT2D eigenvalue weighted by molar-refractivity contribution is 6.06. The van der Waals surface area contributed by atoms with Gasteiger partial charge in [-0.05, 0) is 55.7 Å². The number of anilines is 1. The molecule has 0 aliphatic rings. The van der Waals surface area contributed by atoms with Gasteiger partial charge in [-0.3, -0.25) is 14.4 Å². The summed E-state index contributed by atoms with van der Waals surface area (Å²) in [6.45, 7) is 5.45. The molecule has 31 heavy (non-hydrogen) atoms. The van der Waals surface area contributed by atoms with Gasteiger partial charge in [0.05, 0.1) is 6.04 Å². The van der Waals surface area contributed by atoms with Crippen LogP contribution in [-0.4, -0.2) is 35.4 Å². The molecule has 0 radical (unpaired) electrons. The van der Waals surface area contributed by atoms with Crippen molar-refractivity contribution in [2.24, 2.45) is 0 Å². The predicted octanol–water partition coefficient (Wildman–Crippen LogP) is 4.03. The Balaban J connectivity index is 1.97. The first-order chi connectivity index (χ1) is 14.7. The highest BCUT2D eigenvalue weighted by Gasteiger charge is 2.20. The van der Waals surface area contributed by atoms with Gasteiger partial charge >= 0.3 is 0 Å². The molecule has 0 aliphatic heterocycles. The molecule has 0 spiro atoms. The van der Waals surface area contributed by atoms with Crippen LogP contribution in [0.15, 0.2) is 65.6 Å². The molecule has 0 aliphatic carbocycles. The van der Waals surface area contributed by atoms with Gasteiger partial charge in [-0.25, -0.2) is 0 Å². The van der Waals surface area contributed by atoms with Crippen LogP contribution < -0.4 is 10.9 Å². The van der Waals surface area contributed by atoms with Crippen LogP contribution in [0, 0.1) is 13.8 Å². The molecule has 2 amide bonds. The molecule has 160 valence electrons. The molecule has 1 heterocycles. The summed E-state index contributed by atoms with van der Waals surface area (Å²) in [4.78, 5) is 40.2. The number of carbonyl (C=O) groups is 2. The van der Waals surface area contributed by atoms with Crippen LogP contribution in [0.1, 0.15) is 50.4 Å². The van der Waals surface area contributed by atoms with E-state index in [1.807, 2.05) is 37.3 Å². The second kappa shape index (κ2) is 9.00. The maximum atomic E-state index is 13.2. The molecule has 3 rings (SSSR count). The Hall–Kier alpha value is -3.67. The zero-order chi connectivity index (χ0) is 22.7. The zero-order valence-electron chi connectivity index (χ0n) is 18.5. The van der Waals surface area contributed by atoms with E-state index in [0.717, 1.165) is 5.56 Å². The fraction of sp³-hybridized carbons (Fsp3) is 0.240. The summed E-state index contributed by atoms with van der Waals surface area (Å²) >= 11 is 0. The molecule has 3 aromatic rings. The highest BCUT2D eigenvalue weighted by Crippen LogP contribution is 2.21. The molecule has 1 unspecified atom stereocenters. The molecule has 2 aromatic carbocycles. The Morgan fingerprint density at radius 2 is 1.65 bits per heavy atom. The first-order valence-electron chi connectivity index (χ1n) is 10.1. The van der Waals surface area contributed by atoms with Crippen molar-refractivity contribution in [3.05, 3.63) is 99.0 Å². The van der Waals surface area contributed by atoms with Crippen molar-refractivity contribution in [2.45, 2.75) is 26.8 Å². The SMILES string of the molecule is Cc1ccn(C(C)c2ccccc2)c(=O)c1C(=O)Nc1cccc(C(=O)N(C)C)c1C. The summed E-state index contributed by atoms with van der Waals surface area (Å²) in [6, 6.07) is 16.4. The first-order valence-corrected chi connectivity index (χ1v) is 10.1. The standard InChI is InChI=1S/C25H27N3O3/c1-16-14-15-28(18(3)19-10-7-6-8-11-19)25(31)22(16)23(29)26-21-13-9-12-20(17(21)2)24(30)27(4)5/h6-15,18H,1-5H3,(H,26,29). The molecule has 1 atom stereocenters. The second-order valence-electron chi connectivity index (χ2n) is 7.80. The summed E-state index contributed by atoms with van der Waals surface area (Å²) in [5.74, 6) is -0.641. The monoisotopic (exact) mass is 417 g/mol. The molecule has 0 saturated carbocycles. The van der Waals surface area contributed by atoms with Crippen LogP contribution >= 0.6 is 0 Å². The van der Waals surface area contributed by atoms with Gasteiger partial charge < -0.3 is 14.8 Å². The lowest BCUT2D eigenvalue weighted by Gasteiger charge is -2.18. The van der Waals surface area contributed by atoms with Crippen molar-refractivity contribution in [2.75, 3.05) is 19.4 Å². The Labute approximate surface area is 182 Å². The van der Waals surface area contributed by atoms with Gasteiger partial charge in [-0.2, -0.15) is 0 Å². The van der Waals surface area contributed by atoms with Crippen LogP contribution in [0.3, 0.4) is 0 Å². The Kier molecular flexibility index (Phi) is 6.39. The number of aromatic nitrogens is 1. The number of nitrogens with zero attached hydrogens (tertiary/aromatic N) is 2. The molecule has 0 bridgehead atoms. The van der Waals surface area contributed by atoms with Gasteiger partial charge in [0, 0.05) is 31.5 Å². The number of pyridine rings is 1. The lowest BCUT2D eigenvalue weighted by atomic mass is 10.0. The van der Waals surface area contributed by atoms with Crippen LogP contribution in [-0.2, 0) is 0 Å². The number of aryl methyl sites for hydroxylation is 1. The van der Waals surface area contributed by atoms with E-state index in [-0.39, 0.29) is 23.1 Å². The third-order valence-corrected chi connectivity index (χ3v) is 5.47. The van der Waals surface area contributed by atoms with Gasteiger partial charge in [0.1, 0.15) is 5.56 Å². The maximum absolute atomic E-state index is 13.2. The van der Waals surface area contributed by atoms with Crippen LogP contribution in [0.4, 0.5) is 5.69 Å². The van der Waals surface area contributed by atoms with E-state index in [1.165, 1.54) is 4.90 Å². The van der Waals surface area contributed by atoms with Crippen molar-refractivity contribution in [1.29, 1.82) is 0 Å². The molecule has 0 saturated heterocycles. The van der Waals surface area contributed by atoms with Crippen molar-refractivity contribution in [1.82, 2.24) is 9.47 Å². The Bertz CT molecular complexity index is 1180. The number of amides is 2. The molecular weight excluding hydrogens is 390 g/mol. The topological polar surface area (TPSA) is 71.4 Å². The molecule has 1 N–H and O–H groups in total. The summed E-state index contributed by atoms with van der Waals surface area (Å²) in [6.07, 6.45) is 1.72. The fourth-order valence-corrected chi connectivity index (χ4v) is 3.54. The number of hydrogen-bond acceptors (Lipinski definition) is 3. The summed E-state index contributed by atoms with van der Waals surface area (Å²) in [7, 11) is 3.35. The third-order valence-electron chi connectivity index (χ3n) is 5.47. The van der Waals surface area contributed by atoms with Gasteiger partial charge in [0.15, 0.2) is 0 Å². The molecule has 1 aromatic heterocycles. The normalized spacial score (nSPS) is 11.6. The zero-order valence-corrected chi connectivity index (χ0v) is 18.5. The predicted molar refractivity (Wildman–Crippen MR) is 123 cm³/mol. The van der Waals surface area contributed by atoms with Gasteiger partial charge in [0.25, 0.3) is 17.4 Å². The van der Waals surface area contributed by atoms with Crippen molar-refractivity contribution >= 4 is 17.5 Å². The van der Waals surface area contributed by atoms with Crippen LogP contribution in [0.25, 0.3) is 0 Å². The maximum Gasteiger partial charge on any atom is 0.264 e. The number of carbonyl (C=O) groups excluding carboxylic acids is 2. The molecule has 0 fully saturated rings. The summed E-state index contributed by atoms with van der Waals surface area (Å²) in [5, 5.41) is 2.83. The molecular formula is C25H27N3O3. The van der Waals surface area contributed by atoms with Crippen molar-refractivity contribution < 1.29 is 9.59 Å². The highest BCUT2D eigenvalue weighted by atomic mass is 16.2. The van der Waals surface area contributed by atoms with Crippen LogP contribution in [0.5, 0.6) is 0 Å². The number of hydrogen-bond donors (Lipinski definition) is 1. The quantitative estimate of drug-likeness (QED) is 0.681. The minimum atomic E-state index is -0.491. The largest absolute Gasteiger partial charge is 0.345 e. The van der Waals surface area contributed by atoms with E-state index in [2.05, 4.69) is 5.32 Å². The summed E-state index contributed by atoms with van der Waals surface area (Å²) < 4.78 is 1.57. The van der Waals surface area contributed by atoms with E-state index in [4.69, 9.17) is 0 Å². The summed E-state index contributed by atoms with van der Waals surface area (Å²) in [5.41, 5.74) is 2.97. The first kappa shape index (κ1) is 22.0. The van der Waals surface area contributed by atoms with Gasteiger partial charge in [-0.15, -0.1) is 0 Å². The third kappa shape index (κ3) is 4.43. The van der Waals surface area contributed by atoms with Crippen LogP contribution in [0.2, 0.25) is 0 Å². The van der Waals surface area contributed by atoms with E-state index in [0.29, 0.717) is 22.4 Å². The van der Waals surface area contributed by atoms with Gasteiger partial charge in [-0.1, -0.05) is 36.4 Å². The Morgan fingerprint density at radius 3 is 2.29 bits per heavy atom. The second-order valence-corrected chi connectivity index (χ2v) is 7.80. The van der Waals surface area contributed by atoms with E-state index in [1.54, 1.807) is 63.0 Å². The van der Waals surface area contributed by atoms with E-state index < -0.39 is 5.91 Å². The van der Waals surface area contributed by atoms with E-state index >= 15 is 0 Å². The van der Waals surface area contributed by atoms with E-state index in [9.17, 15) is 14.4 Å². The lowest BCUT2D eigenvalue weighted by Crippen LogP contribution is -2.32. The number of rotatable bonds is 5. The smallest absolute Gasteiger partial charge is 0.264 e. The van der Waals surface area contributed by atoms with Crippen molar-refractivity contribution in [3.8, 4) is 0 Å². The average molecular weight is 418 g/mol. The van der Waals surface area contributed by atoms with Crippen molar-refractivity contribution in [3.63, 3.8) is 0 Å². The molecule has 6 nitrogen and oxygen atoms in total. The minimum Gasteiger partial charge on any atom is -0.345 e. The lowest BCUT2D eigenvalue weighted by molar-refractivity contribution is 0.0826. The fourth-order valence-electron chi connectivity index (χ4n) is 3.54.